The highest BCUT2D eigenvalue weighted by Crippen LogP contribution is 2.43. The van der Waals surface area contributed by atoms with Gasteiger partial charge in [0.1, 0.15) is 0 Å². The first-order valence-corrected chi connectivity index (χ1v) is 19.1. The normalized spacial score (nSPS) is 41.6. The third-order valence-electron chi connectivity index (χ3n) is 12.2. The van der Waals surface area contributed by atoms with E-state index in [1.807, 2.05) is 0 Å². The summed E-state index contributed by atoms with van der Waals surface area (Å²) in [6, 6.07) is 0. The minimum absolute atomic E-state index is 0.0461. The van der Waals surface area contributed by atoms with Gasteiger partial charge < -0.3 is 5.11 Å². The van der Waals surface area contributed by atoms with E-state index in [1.165, 1.54) is 57.8 Å². The second-order valence-corrected chi connectivity index (χ2v) is 18.0. The molecule has 4 N–H and O–H groups in total. The third kappa shape index (κ3) is 9.26. The fraction of sp³-hybridized carbons (Fsp3) is 1.00. The predicted octanol–water partition coefficient (Wildman–Crippen LogP) is 6.93. The minimum Gasteiger partial charge on any atom is -0.393 e. The number of hydrogen-bond acceptors (Lipinski definition) is 7. The van der Waals surface area contributed by atoms with E-state index in [0.29, 0.717) is 29.1 Å². The Balaban J connectivity index is 1.20. The lowest BCUT2D eigenvalue weighted by Crippen LogP contribution is -2.73. The van der Waals surface area contributed by atoms with Gasteiger partial charge in [0, 0.05) is 12.3 Å². The highest BCUT2D eigenvalue weighted by molar-refractivity contribution is 7.75. The van der Waals surface area contributed by atoms with Gasteiger partial charge in [-0.2, -0.15) is 4.21 Å². The van der Waals surface area contributed by atoms with Gasteiger partial charge in [-0.3, -0.25) is 24.3 Å². The maximum absolute atomic E-state index is 12.6. The van der Waals surface area contributed by atoms with Crippen molar-refractivity contribution in [1.82, 2.24) is 16.0 Å². The van der Waals surface area contributed by atoms with Crippen molar-refractivity contribution in [2.75, 3.05) is 0 Å². The van der Waals surface area contributed by atoms with Gasteiger partial charge in [0.05, 0.1) is 36.8 Å². The molecule has 7 nitrogen and oxygen atoms in total. The number of nitrogens with one attached hydrogen (secondary N) is 3. The molecule has 0 amide bonds. The number of rotatable bonds is 7. The third-order valence-corrected chi connectivity index (χ3v) is 13.1. The van der Waals surface area contributed by atoms with Crippen LogP contribution in [0.5, 0.6) is 0 Å². The van der Waals surface area contributed by atoms with E-state index < -0.39 is 17.5 Å². The lowest BCUT2D eigenvalue weighted by molar-refractivity contribution is -0.0340. The minimum atomic E-state index is -1.74. The maximum atomic E-state index is 12.6. The number of aliphatic hydroxyl groups is 1. The fourth-order valence-electron chi connectivity index (χ4n) is 9.17. The topological polar surface area (TPSA) is 91.9 Å². The smallest absolute Gasteiger partial charge is 0.305 e. The van der Waals surface area contributed by atoms with E-state index >= 15 is 0 Å². The number of hydrogen-bond donors (Lipinski definition) is 4. The standard InChI is InChI=1S/C35H65N3O4S/c1-34(2,3)25-16-12-23(13-17-25)31-36-32(24-14-18-26(19-15-24)35(4,5)6)38-33(37-31)29-21-20-28(22-30(29)39)42-43(40)41-27-10-8-7-9-11-27/h23-33,36-39H,7-22H2,1-6H3. The van der Waals surface area contributed by atoms with E-state index in [2.05, 4.69) is 57.5 Å². The molecule has 5 aliphatic rings. The van der Waals surface area contributed by atoms with Gasteiger partial charge in [0.15, 0.2) is 0 Å². The Bertz CT molecular complexity index is 842. The van der Waals surface area contributed by atoms with Gasteiger partial charge in [-0.1, -0.05) is 60.8 Å². The SMILES string of the molecule is CC(C)(C)C1CCC(C2NC(C3CCC(C(C)(C)C)CC3)NC(C3CCC(OS(=O)OC4CCCCC4)CC3O)N2)CC1. The van der Waals surface area contributed by atoms with Crippen LogP contribution in [-0.4, -0.2) is 46.1 Å². The van der Waals surface area contributed by atoms with E-state index in [9.17, 15) is 9.32 Å². The summed E-state index contributed by atoms with van der Waals surface area (Å²) in [5, 5.41) is 23.5. The molecule has 8 heteroatoms. The molecule has 250 valence electrons. The van der Waals surface area contributed by atoms with Crippen molar-refractivity contribution in [2.45, 2.75) is 181 Å². The Morgan fingerprint density at radius 3 is 1.51 bits per heavy atom. The maximum Gasteiger partial charge on any atom is 0.305 e. The molecule has 6 unspecified atom stereocenters. The second-order valence-electron chi connectivity index (χ2n) is 17.2. The van der Waals surface area contributed by atoms with Crippen molar-refractivity contribution >= 4 is 11.4 Å². The predicted molar refractivity (Wildman–Crippen MR) is 175 cm³/mol. The van der Waals surface area contributed by atoms with Crippen LogP contribution in [0.2, 0.25) is 0 Å². The van der Waals surface area contributed by atoms with Crippen LogP contribution in [0.3, 0.4) is 0 Å². The second kappa shape index (κ2) is 14.8. The lowest BCUT2D eigenvalue weighted by atomic mass is 9.68. The average Bonchev–Trinajstić information content (AvgIpc) is 2.97. The molecule has 0 radical (unpaired) electrons. The molecule has 43 heavy (non-hydrogen) atoms. The zero-order valence-electron chi connectivity index (χ0n) is 28.2. The molecule has 0 spiro atoms. The van der Waals surface area contributed by atoms with Gasteiger partial charge in [-0.05, 0) is 112 Å². The first-order valence-electron chi connectivity index (χ1n) is 18.1. The lowest BCUT2D eigenvalue weighted by Gasteiger charge is -2.51. The van der Waals surface area contributed by atoms with Crippen LogP contribution >= 0.6 is 0 Å². The molecule has 5 fully saturated rings. The summed E-state index contributed by atoms with van der Waals surface area (Å²) in [6.45, 7) is 14.4. The highest BCUT2D eigenvalue weighted by atomic mass is 32.2. The highest BCUT2D eigenvalue weighted by Gasteiger charge is 2.44. The first kappa shape index (κ1) is 34.3. The summed E-state index contributed by atoms with van der Waals surface area (Å²) in [5.41, 5.74) is 0.763. The molecule has 1 aliphatic heterocycles. The van der Waals surface area contributed by atoms with Crippen LogP contribution < -0.4 is 16.0 Å². The van der Waals surface area contributed by atoms with Crippen LogP contribution in [0.25, 0.3) is 0 Å². The Hall–Kier alpha value is -0.0900. The van der Waals surface area contributed by atoms with Crippen molar-refractivity contribution in [2.24, 2.45) is 40.4 Å². The van der Waals surface area contributed by atoms with Gasteiger partial charge in [-0.15, -0.1) is 0 Å². The Morgan fingerprint density at radius 2 is 1.05 bits per heavy atom. The number of aliphatic hydroxyl groups excluding tert-OH is 1. The summed E-state index contributed by atoms with van der Waals surface area (Å²) in [7, 11) is 0. The van der Waals surface area contributed by atoms with E-state index in [1.54, 1.807) is 0 Å². The first-order chi connectivity index (χ1) is 20.4. The Labute approximate surface area is 266 Å². The average molecular weight is 624 g/mol. The Morgan fingerprint density at radius 1 is 0.581 bits per heavy atom. The molecule has 0 bridgehead atoms. The van der Waals surface area contributed by atoms with Gasteiger partial charge in [0.25, 0.3) is 0 Å². The molecule has 4 saturated carbocycles. The molecule has 1 heterocycles. The fourth-order valence-corrected chi connectivity index (χ4v) is 10.0. The van der Waals surface area contributed by atoms with Gasteiger partial charge in [0.2, 0.25) is 0 Å². The van der Waals surface area contributed by atoms with Crippen molar-refractivity contribution in [3.8, 4) is 0 Å². The van der Waals surface area contributed by atoms with Crippen LogP contribution in [0, 0.1) is 40.4 Å². The van der Waals surface area contributed by atoms with E-state index in [-0.39, 0.29) is 36.6 Å². The monoisotopic (exact) mass is 623 g/mol. The molecule has 0 aromatic rings. The summed E-state index contributed by atoms with van der Waals surface area (Å²) in [5.74, 6) is 2.95. The van der Waals surface area contributed by atoms with Crippen molar-refractivity contribution in [3.05, 3.63) is 0 Å². The molecule has 1 saturated heterocycles. The van der Waals surface area contributed by atoms with Crippen molar-refractivity contribution < 1.29 is 17.7 Å². The van der Waals surface area contributed by atoms with Crippen LogP contribution in [-0.2, 0) is 19.7 Å². The summed E-state index contributed by atoms with van der Waals surface area (Å²) in [6.07, 6.45) is 17.8. The van der Waals surface area contributed by atoms with Crippen LogP contribution in [0.15, 0.2) is 0 Å². The summed E-state index contributed by atoms with van der Waals surface area (Å²) in [4.78, 5) is 0. The molecule has 0 aromatic heterocycles. The van der Waals surface area contributed by atoms with Crippen LogP contribution in [0.4, 0.5) is 0 Å². The largest absolute Gasteiger partial charge is 0.393 e. The molecule has 0 aromatic carbocycles. The summed E-state index contributed by atoms with van der Waals surface area (Å²) >= 11 is -1.74. The van der Waals surface area contributed by atoms with Crippen LogP contribution in [0.1, 0.15) is 144 Å². The van der Waals surface area contributed by atoms with E-state index in [4.69, 9.17) is 8.37 Å². The van der Waals surface area contributed by atoms with Gasteiger partial charge >= 0.3 is 11.4 Å². The molecule has 5 rings (SSSR count). The van der Waals surface area contributed by atoms with Crippen molar-refractivity contribution in [3.63, 3.8) is 0 Å². The molecular formula is C35H65N3O4S. The molecular weight excluding hydrogens is 558 g/mol. The van der Waals surface area contributed by atoms with Gasteiger partial charge in [-0.25, -0.2) is 0 Å². The zero-order valence-corrected chi connectivity index (χ0v) is 29.1. The Kier molecular flexibility index (Phi) is 11.8. The van der Waals surface area contributed by atoms with Crippen molar-refractivity contribution in [1.29, 1.82) is 0 Å². The molecule has 4 aliphatic carbocycles. The summed E-state index contributed by atoms with van der Waals surface area (Å²) < 4.78 is 24.2. The quantitative estimate of drug-likeness (QED) is 0.245. The van der Waals surface area contributed by atoms with E-state index in [0.717, 1.165) is 50.4 Å². The zero-order chi connectivity index (χ0) is 30.8. The molecule has 6 atom stereocenters.